The molecule has 4 heteroatoms. The number of aryl methyl sites for hydroxylation is 1. The number of carbonyl (C=O) groups is 1. The zero-order valence-electron chi connectivity index (χ0n) is 9.76. The van der Waals surface area contributed by atoms with Gasteiger partial charge in [0.2, 0.25) is 0 Å². The van der Waals surface area contributed by atoms with Crippen LogP contribution in [0.2, 0.25) is 0 Å². The zero-order chi connectivity index (χ0) is 12.3. The van der Waals surface area contributed by atoms with Crippen molar-refractivity contribution >= 4 is 5.91 Å². The number of nitrogens with zero attached hydrogens (tertiary/aromatic N) is 2. The summed E-state index contributed by atoms with van der Waals surface area (Å²) in [6.45, 7) is 2.47. The summed E-state index contributed by atoms with van der Waals surface area (Å²) in [4.78, 5) is 16.2. The Kier molecular flexibility index (Phi) is 3.35. The minimum atomic E-state index is -0.0605. The second-order valence-corrected chi connectivity index (χ2v) is 3.97. The van der Waals surface area contributed by atoms with E-state index < -0.39 is 0 Å². The highest BCUT2D eigenvalue weighted by atomic mass is 16.2. The van der Waals surface area contributed by atoms with Crippen LogP contribution in [-0.4, -0.2) is 22.0 Å². The Morgan fingerprint density at radius 2 is 2.29 bits per heavy atom. The maximum atomic E-state index is 12.2. The number of aromatic nitrogens is 2. The first-order valence-corrected chi connectivity index (χ1v) is 5.55. The summed E-state index contributed by atoms with van der Waals surface area (Å²) < 4.78 is 1.56. The predicted octanol–water partition coefficient (Wildman–Crippen LogP) is 1.38. The van der Waals surface area contributed by atoms with E-state index in [1.165, 1.54) is 6.33 Å². The summed E-state index contributed by atoms with van der Waals surface area (Å²) in [5.41, 5.74) is 8.08. The summed E-state index contributed by atoms with van der Waals surface area (Å²) in [6.07, 6.45) is 3.87. The van der Waals surface area contributed by atoms with Crippen LogP contribution in [0.25, 0.3) is 0 Å². The molecule has 0 atom stereocenters. The van der Waals surface area contributed by atoms with Crippen molar-refractivity contribution in [3.63, 3.8) is 0 Å². The lowest BCUT2D eigenvalue weighted by Gasteiger charge is -2.06. The molecule has 2 aromatic rings. The van der Waals surface area contributed by atoms with Gasteiger partial charge in [0, 0.05) is 23.9 Å². The molecule has 0 amide bonds. The molecule has 0 radical (unpaired) electrons. The van der Waals surface area contributed by atoms with Crippen LogP contribution >= 0.6 is 0 Å². The van der Waals surface area contributed by atoms with Crippen LogP contribution in [0, 0.1) is 6.92 Å². The van der Waals surface area contributed by atoms with E-state index in [0.29, 0.717) is 18.5 Å². The van der Waals surface area contributed by atoms with Gasteiger partial charge in [-0.25, -0.2) is 4.98 Å². The number of rotatable bonds is 3. The highest BCUT2D eigenvalue weighted by Crippen LogP contribution is 2.09. The molecule has 17 heavy (non-hydrogen) atoms. The van der Waals surface area contributed by atoms with Gasteiger partial charge in [-0.3, -0.25) is 9.36 Å². The van der Waals surface area contributed by atoms with Gasteiger partial charge in [-0.05, 0) is 25.6 Å². The molecule has 4 nitrogen and oxygen atoms in total. The number of carbonyl (C=O) groups excluding carboxylic acids is 1. The third-order valence-electron chi connectivity index (χ3n) is 2.60. The van der Waals surface area contributed by atoms with Gasteiger partial charge >= 0.3 is 0 Å². The molecule has 0 aliphatic heterocycles. The van der Waals surface area contributed by atoms with Crippen molar-refractivity contribution in [1.82, 2.24) is 9.55 Å². The molecule has 2 N–H and O–H groups in total. The molecule has 0 aliphatic carbocycles. The standard InChI is InChI=1S/C13H15N3O/c1-10-3-2-4-11(7-10)13(17)16-9-15-8-12(16)5-6-14/h2-4,7-9H,5-6,14H2,1H3. The minimum absolute atomic E-state index is 0.0605. The quantitative estimate of drug-likeness (QED) is 0.865. The van der Waals surface area contributed by atoms with Crippen LogP contribution in [-0.2, 0) is 6.42 Å². The Balaban J connectivity index is 2.33. The van der Waals surface area contributed by atoms with Crippen LogP contribution in [0.5, 0.6) is 0 Å². The summed E-state index contributed by atoms with van der Waals surface area (Å²) in [7, 11) is 0. The normalized spacial score (nSPS) is 10.5. The highest BCUT2D eigenvalue weighted by Gasteiger charge is 2.11. The van der Waals surface area contributed by atoms with Crippen LogP contribution in [0.1, 0.15) is 21.6 Å². The van der Waals surface area contributed by atoms with Crippen molar-refractivity contribution in [2.75, 3.05) is 6.54 Å². The number of hydrogen-bond acceptors (Lipinski definition) is 3. The van der Waals surface area contributed by atoms with Crippen LogP contribution < -0.4 is 5.73 Å². The molecule has 1 aromatic carbocycles. The van der Waals surface area contributed by atoms with E-state index in [2.05, 4.69) is 4.98 Å². The molecule has 0 spiro atoms. The zero-order valence-corrected chi connectivity index (χ0v) is 9.76. The van der Waals surface area contributed by atoms with Crippen molar-refractivity contribution in [2.45, 2.75) is 13.3 Å². The van der Waals surface area contributed by atoms with E-state index in [9.17, 15) is 4.79 Å². The number of imidazole rings is 1. The van der Waals surface area contributed by atoms with Crippen molar-refractivity contribution in [1.29, 1.82) is 0 Å². The molecule has 0 aliphatic rings. The van der Waals surface area contributed by atoms with Crippen molar-refractivity contribution in [3.8, 4) is 0 Å². The van der Waals surface area contributed by atoms with Gasteiger partial charge in [0.25, 0.3) is 5.91 Å². The number of benzene rings is 1. The Morgan fingerprint density at radius 1 is 1.47 bits per heavy atom. The van der Waals surface area contributed by atoms with Gasteiger partial charge in [-0.2, -0.15) is 0 Å². The molecular formula is C13H15N3O. The fraction of sp³-hybridized carbons (Fsp3) is 0.231. The molecule has 0 fully saturated rings. The maximum absolute atomic E-state index is 12.2. The minimum Gasteiger partial charge on any atom is -0.330 e. The predicted molar refractivity (Wildman–Crippen MR) is 65.9 cm³/mol. The average Bonchev–Trinajstić information content (AvgIpc) is 2.77. The van der Waals surface area contributed by atoms with E-state index in [4.69, 9.17) is 5.73 Å². The lowest BCUT2D eigenvalue weighted by molar-refractivity contribution is 0.0957. The first kappa shape index (κ1) is 11.5. The maximum Gasteiger partial charge on any atom is 0.263 e. The average molecular weight is 229 g/mol. The summed E-state index contributed by atoms with van der Waals surface area (Å²) in [5.74, 6) is -0.0605. The van der Waals surface area contributed by atoms with Gasteiger partial charge in [0.15, 0.2) is 0 Å². The van der Waals surface area contributed by atoms with E-state index in [-0.39, 0.29) is 5.91 Å². The van der Waals surface area contributed by atoms with Crippen LogP contribution in [0.3, 0.4) is 0 Å². The van der Waals surface area contributed by atoms with E-state index in [0.717, 1.165) is 11.3 Å². The number of nitrogens with two attached hydrogens (primary N) is 1. The van der Waals surface area contributed by atoms with Gasteiger partial charge in [0.05, 0.1) is 0 Å². The first-order valence-electron chi connectivity index (χ1n) is 5.55. The Hall–Kier alpha value is -1.94. The van der Waals surface area contributed by atoms with Gasteiger partial charge in [-0.1, -0.05) is 17.7 Å². The summed E-state index contributed by atoms with van der Waals surface area (Å²) in [5, 5.41) is 0. The van der Waals surface area contributed by atoms with Crippen molar-refractivity contribution in [2.24, 2.45) is 5.73 Å². The molecule has 1 heterocycles. The summed E-state index contributed by atoms with van der Waals surface area (Å²) >= 11 is 0. The van der Waals surface area contributed by atoms with E-state index in [1.54, 1.807) is 10.8 Å². The second-order valence-electron chi connectivity index (χ2n) is 3.97. The fourth-order valence-electron chi connectivity index (χ4n) is 1.76. The SMILES string of the molecule is Cc1cccc(C(=O)n2cncc2CCN)c1. The lowest BCUT2D eigenvalue weighted by Crippen LogP contribution is -2.16. The van der Waals surface area contributed by atoms with Crippen LogP contribution in [0.15, 0.2) is 36.8 Å². The molecule has 0 unspecified atom stereocenters. The Labute approximate surface area is 100 Å². The van der Waals surface area contributed by atoms with Gasteiger partial charge in [0.1, 0.15) is 6.33 Å². The van der Waals surface area contributed by atoms with Gasteiger partial charge < -0.3 is 5.73 Å². The van der Waals surface area contributed by atoms with Crippen molar-refractivity contribution in [3.05, 3.63) is 53.6 Å². The van der Waals surface area contributed by atoms with E-state index in [1.807, 2.05) is 31.2 Å². The monoisotopic (exact) mass is 229 g/mol. The molecule has 1 aromatic heterocycles. The van der Waals surface area contributed by atoms with Gasteiger partial charge in [-0.15, -0.1) is 0 Å². The topological polar surface area (TPSA) is 60.9 Å². The van der Waals surface area contributed by atoms with Crippen molar-refractivity contribution < 1.29 is 4.79 Å². The highest BCUT2D eigenvalue weighted by molar-refractivity contribution is 5.96. The Morgan fingerprint density at radius 3 is 3.00 bits per heavy atom. The summed E-state index contributed by atoms with van der Waals surface area (Å²) in [6, 6.07) is 7.52. The molecule has 0 saturated carbocycles. The molecular weight excluding hydrogens is 214 g/mol. The fourth-order valence-corrected chi connectivity index (χ4v) is 1.76. The third-order valence-corrected chi connectivity index (χ3v) is 2.60. The number of hydrogen-bond donors (Lipinski definition) is 1. The third kappa shape index (κ3) is 2.42. The first-order chi connectivity index (χ1) is 8.22. The molecule has 0 saturated heterocycles. The van der Waals surface area contributed by atoms with Crippen LogP contribution in [0.4, 0.5) is 0 Å². The second kappa shape index (κ2) is 4.93. The largest absolute Gasteiger partial charge is 0.330 e. The Bertz CT molecular complexity index is 531. The molecule has 88 valence electrons. The lowest BCUT2D eigenvalue weighted by atomic mass is 10.1. The molecule has 0 bridgehead atoms. The van der Waals surface area contributed by atoms with E-state index >= 15 is 0 Å². The smallest absolute Gasteiger partial charge is 0.263 e. The molecule has 2 rings (SSSR count).